The van der Waals surface area contributed by atoms with Crippen molar-refractivity contribution in [3.05, 3.63) is 0 Å². The Labute approximate surface area is 147 Å². The van der Waals surface area contributed by atoms with E-state index >= 15 is 0 Å². The van der Waals surface area contributed by atoms with Gasteiger partial charge in [0, 0.05) is 26.6 Å². The molecular formula is C19H37N3O2. The van der Waals surface area contributed by atoms with Gasteiger partial charge in [0.2, 0.25) is 5.91 Å². The lowest BCUT2D eigenvalue weighted by Crippen LogP contribution is -2.43. The smallest absolute Gasteiger partial charge is 0.222 e. The second-order valence-corrected chi connectivity index (χ2v) is 8.31. The summed E-state index contributed by atoms with van der Waals surface area (Å²) in [4.78, 5) is 17.0. The predicted octanol–water partition coefficient (Wildman–Crippen LogP) is 1.84. The van der Waals surface area contributed by atoms with E-state index in [0.717, 1.165) is 51.9 Å². The van der Waals surface area contributed by atoms with Crippen LogP contribution in [0.15, 0.2) is 0 Å². The molecule has 1 amide bonds. The minimum absolute atomic E-state index is 0.0597. The Morgan fingerprint density at radius 2 is 1.92 bits per heavy atom. The Morgan fingerprint density at radius 1 is 1.29 bits per heavy atom. The maximum atomic E-state index is 12.7. The Kier molecular flexibility index (Phi) is 7.51. The summed E-state index contributed by atoms with van der Waals surface area (Å²) in [6.45, 7) is 6.18. The molecule has 1 saturated carbocycles. The fourth-order valence-electron chi connectivity index (χ4n) is 4.42. The summed E-state index contributed by atoms with van der Waals surface area (Å²) in [7, 11) is 1.96. The zero-order valence-electron chi connectivity index (χ0n) is 15.7. The first-order valence-corrected chi connectivity index (χ1v) is 9.78. The summed E-state index contributed by atoms with van der Waals surface area (Å²) >= 11 is 0. The van der Waals surface area contributed by atoms with Gasteiger partial charge >= 0.3 is 0 Å². The van der Waals surface area contributed by atoms with E-state index in [1.807, 2.05) is 18.9 Å². The lowest BCUT2D eigenvalue weighted by molar-refractivity contribution is -0.133. The topological polar surface area (TPSA) is 69.8 Å². The number of nitrogens with zero attached hydrogens (tertiary/aromatic N) is 2. The molecule has 0 aromatic rings. The number of amides is 1. The highest BCUT2D eigenvalue weighted by molar-refractivity contribution is 5.76. The molecule has 2 fully saturated rings. The normalized spacial score (nSPS) is 23.8. The highest BCUT2D eigenvalue weighted by atomic mass is 16.3. The predicted molar refractivity (Wildman–Crippen MR) is 97.7 cm³/mol. The first-order chi connectivity index (χ1) is 11.4. The highest BCUT2D eigenvalue weighted by Crippen LogP contribution is 2.38. The zero-order chi connectivity index (χ0) is 17.6. The van der Waals surface area contributed by atoms with Crippen molar-refractivity contribution in [3.63, 3.8) is 0 Å². The Balaban J connectivity index is 1.75. The van der Waals surface area contributed by atoms with Crippen molar-refractivity contribution < 1.29 is 9.90 Å². The third-order valence-electron chi connectivity index (χ3n) is 6.06. The first-order valence-electron chi connectivity index (χ1n) is 9.78. The van der Waals surface area contributed by atoms with Crippen LogP contribution in [0.5, 0.6) is 0 Å². The van der Waals surface area contributed by atoms with Gasteiger partial charge in [0.1, 0.15) is 0 Å². The number of carbonyl (C=O) groups excluding carboxylic acids is 1. The average molecular weight is 340 g/mol. The van der Waals surface area contributed by atoms with Gasteiger partial charge in [0.15, 0.2) is 0 Å². The van der Waals surface area contributed by atoms with Crippen LogP contribution in [-0.2, 0) is 4.79 Å². The maximum Gasteiger partial charge on any atom is 0.222 e. The molecule has 140 valence electrons. The van der Waals surface area contributed by atoms with Crippen LogP contribution >= 0.6 is 0 Å². The molecule has 2 rings (SSSR count). The Morgan fingerprint density at radius 3 is 2.46 bits per heavy atom. The minimum atomic E-state index is -0.256. The summed E-state index contributed by atoms with van der Waals surface area (Å²) in [6.07, 6.45) is 8.55. The van der Waals surface area contributed by atoms with Gasteiger partial charge in [-0.25, -0.2) is 0 Å². The number of β-amino-alcohol motifs (C(OH)–C–C–N with tert-alkyl or cyclic N) is 1. The molecule has 5 nitrogen and oxygen atoms in total. The van der Waals surface area contributed by atoms with E-state index in [1.165, 1.54) is 19.3 Å². The van der Waals surface area contributed by atoms with Crippen molar-refractivity contribution in [3.8, 4) is 0 Å². The van der Waals surface area contributed by atoms with Crippen LogP contribution in [0.4, 0.5) is 0 Å². The highest BCUT2D eigenvalue weighted by Gasteiger charge is 2.34. The largest absolute Gasteiger partial charge is 0.392 e. The van der Waals surface area contributed by atoms with Crippen molar-refractivity contribution in [1.82, 2.24) is 9.80 Å². The number of aliphatic hydroxyl groups is 1. The molecule has 0 bridgehead atoms. The summed E-state index contributed by atoms with van der Waals surface area (Å²) < 4.78 is 0. The standard InChI is InChI=1S/C19H37N3O2/c1-16(23)13-22-10-6-17(7-11-22)14-21(2)18(24)12-19(15-20)8-4-3-5-9-19/h16-17,23H,3-15,20H2,1-2H3. The molecule has 0 radical (unpaired) electrons. The number of nitrogens with two attached hydrogens (primary N) is 1. The summed E-state index contributed by atoms with van der Waals surface area (Å²) in [5.41, 5.74) is 6.09. The average Bonchev–Trinajstić information content (AvgIpc) is 2.57. The molecule has 0 aromatic heterocycles. The van der Waals surface area contributed by atoms with Crippen LogP contribution in [0.1, 0.15) is 58.3 Å². The molecule has 5 heteroatoms. The van der Waals surface area contributed by atoms with Crippen molar-refractivity contribution in [2.24, 2.45) is 17.1 Å². The molecule has 0 spiro atoms. The van der Waals surface area contributed by atoms with Gasteiger partial charge in [-0.15, -0.1) is 0 Å². The number of rotatable bonds is 7. The van der Waals surface area contributed by atoms with E-state index in [9.17, 15) is 9.90 Å². The van der Waals surface area contributed by atoms with Crippen molar-refractivity contribution in [1.29, 1.82) is 0 Å². The van der Waals surface area contributed by atoms with E-state index in [0.29, 0.717) is 18.9 Å². The second-order valence-electron chi connectivity index (χ2n) is 8.31. The Hall–Kier alpha value is -0.650. The van der Waals surface area contributed by atoms with E-state index in [4.69, 9.17) is 5.73 Å². The number of likely N-dealkylation sites (tertiary alicyclic amines) is 1. The van der Waals surface area contributed by atoms with Gasteiger partial charge in [0.25, 0.3) is 0 Å². The monoisotopic (exact) mass is 339 g/mol. The van der Waals surface area contributed by atoms with E-state index in [2.05, 4.69) is 4.90 Å². The van der Waals surface area contributed by atoms with Crippen molar-refractivity contribution in [2.75, 3.05) is 39.8 Å². The lowest BCUT2D eigenvalue weighted by atomic mass is 9.71. The molecule has 1 aliphatic heterocycles. The van der Waals surface area contributed by atoms with Gasteiger partial charge in [-0.2, -0.15) is 0 Å². The first kappa shape index (κ1) is 19.7. The molecule has 0 aromatic carbocycles. The summed E-state index contributed by atoms with van der Waals surface area (Å²) in [5, 5.41) is 9.49. The third kappa shape index (κ3) is 5.71. The molecule has 1 atom stereocenters. The van der Waals surface area contributed by atoms with Gasteiger partial charge in [0.05, 0.1) is 6.10 Å². The molecular weight excluding hydrogens is 302 g/mol. The SMILES string of the molecule is CC(O)CN1CCC(CN(C)C(=O)CC2(CN)CCCCC2)CC1. The van der Waals surface area contributed by atoms with Gasteiger partial charge in [-0.1, -0.05) is 19.3 Å². The second kappa shape index (κ2) is 9.16. The van der Waals surface area contributed by atoms with Gasteiger partial charge < -0.3 is 20.6 Å². The number of aliphatic hydroxyl groups excluding tert-OH is 1. The van der Waals surface area contributed by atoms with Crippen molar-refractivity contribution in [2.45, 2.75) is 64.4 Å². The van der Waals surface area contributed by atoms with Crippen LogP contribution in [0.2, 0.25) is 0 Å². The van der Waals surface area contributed by atoms with Gasteiger partial charge in [-0.05, 0) is 63.6 Å². The van der Waals surface area contributed by atoms with Gasteiger partial charge in [-0.3, -0.25) is 4.79 Å². The number of hydrogen-bond acceptors (Lipinski definition) is 4. The van der Waals surface area contributed by atoms with Crippen LogP contribution in [0.25, 0.3) is 0 Å². The third-order valence-corrected chi connectivity index (χ3v) is 6.06. The molecule has 3 N–H and O–H groups in total. The number of piperidine rings is 1. The van der Waals surface area contributed by atoms with E-state index in [1.54, 1.807) is 0 Å². The molecule has 1 aliphatic carbocycles. The molecule has 2 aliphatic rings. The van der Waals surface area contributed by atoms with E-state index < -0.39 is 0 Å². The van der Waals surface area contributed by atoms with Crippen LogP contribution in [-0.4, -0.2) is 66.7 Å². The molecule has 1 saturated heterocycles. The van der Waals surface area contributed by atoms with Crippen LogP contribution in [0, 0.1) is 11.3 Å². The maximum absolute atomic E-state index is 12.7. The van der Waals surface area contributed by atoms with Crippen molar-refractivity contribution >= 4 is 5.91 Å². The fourth-order valence-corrected chi connectivity index (χ4v) is 4.42. The fraction of sp³-hybridized carbons (Fsp3) is 0.947. The minimum Gasteiger partial charge on any atom is -0.392 e. The van der Waals surface area contributed by atoms with Crippen LogP contribution in [0.3, 0.4) is 0 Å². The molecule has 24 heavy (non-hydrogen) atoms. The van der Waals surface area contributed by atoms with E-state index in [-0.39, 0.29) is 17.4 Å². The molecule has 1 unspecified atom stereocenters. The molecule has 1 heterocycles. The quantitative estimate of drug-likeness (QED) is 0.742. The van der Waals surface area contributed by atoms with Crippen LogP contribution < -0.4 is 5.73 Å². The number of hydrogen-bond donors (Lipinski definition) is 2. The number of carbonyl (C=O) groups is 1. The summed E-state index contributed by atoms with van der Waals surface area (Å²) in [6, 6.07) is 0. The lowest BCUT2D eigenvalue weighted by Gasteiger charge is -2.38. The zero-order valence-corrected chi connectivity index (χ0v) is 15.7. The Bertz CT molecular complexity index is 386. The summed E-state index contributed by atoms with van der Waals surface area (Å²) in [5.74, 6) is 0.859.